The second-order valence-corrected chi connectivity index (χ2v) is 9.30. The molecule has 0 aliphatic rings. The smallest absolute Gasteiger partial charge is 0.260 e. The average molecular weight is 435 g/mol. The monoisotopic (exact) mass is 434 g/mol. The molecular formula is C17H14N4O2S4. The maximum Gasteiger partial charge on any atom is 0.260 e. The van der Waals surface area contributed by atoms with Crippen LogP contribution >= 0.6 is 45.8 Å². The quantitative estimate of drug-likeness (QED) is 0.471. The molecule has 0 aromatic carbocycles. The minimum Gasteiger partial charge on any atom is -0.309 e. The molecule has 1 amide bonds. The lowest BCUT2D eigenvalue weighted by Gasteiger charge is -2.03. The molecule has 0 saturated carbocycles. The number of thioether (sulfide) groups is 1. The number of carbonyl (C=O) groups excluding carboxylic acids is 1. The van der Waals surface area contributed by atoms with E-state index in [1.54, 1.807) is 11.3 Å². The van der Waals surface area contributed by atoms with Crippen molar-refractivity contribution in [2.24, 2.45) is 0 Å². The third-order valence-electron chi connectivity index (χ3n) is 3.62. The van der Waals surface area contributed by atoms with Crippen LogP contribution in [0.2, 0.25) is 0 Å². The second-order valence-electron chi connectivity index (χ2n) is 5.65. The minimum absolute atomic E-state index is 0.117. The molecule has 0 aliphatic carbocycles. The summed E-state index contributed by atoms with van der Waals surface area (Å²) >= 11 is 5.87. The maximum atomic E-state index is 12.5. The predicted octanol–water partition coefficient (Wildman–Crippen LogP) is 4.35. The van der Waals surface area contributed by atoms with E-state index in [1.165, 1.54) is 34.4 Å². The van der Waals surface area contributed by atoms with Crippen molar-refractivity contribution in [3.05, 3.63) is 50.1 Å². The van der Waals surface area contributed by atoms with E-state index in [9.17, 15) is 9.59 Å². The number of thiazole rings is 1. The van der Waals surface area contributed by atoms with Crippen molar-refractivity contribution in [2.45, 2.75) is 12.7 Å². The highest BCUT2D eigenvalue weighted by atomic mass is 32.2. The fourth-order valence-electron chi connectivity index (χ4n) is 2.48. The van der Waals surface area contributed by atoms with Gasteiger partial charge in [-0.15, -0.1) is 45.8 Å². The number of nitrogens with one attached hydrogen (secondary N) is 2. The Balaban J connectivity index is 1.42. The van der Waals surface area contributed by atoms with Gasteiger partial charge < -0.3 is 10.3 Å². The largest absolute Gasteiger partial charge is 0.309 e. The summed E-state index contributed by atoms with van der Waals surface area (Å²) < 4.78 is 0. The van der Waals surface area contributed by atoms with Crippen molar-refractivity contribution in [3.8, 4) is 10.4 Å². The Morgan fingerprint density at radius 1 is 1.26 bits per heavy atom. The van der Waals surface area contributed by atoms with Crippen LogP contribution in [0.3, 0.4) is 0 Å². The Kier molecular flexibility index (Phi) is 5.39. The standard InChI is InChI=1S/C17H14N4O2S4/c1-9-5-27-17(18-9)21-13(22)8-24-7-12-19-15(23)14-10(6-26-16(14)20-12)11-3-2-4-25-11/h2-6H,7-8H2,1H3,(H,18,21,22)(H,19,20,23). The molecule has 4 aromatic rings. The topological polar surface area (TPSA) is 87.7 Å². The summed E-state index contributed by atoms with van der Waals surface area (Å²) in [6, 6.07) is 3.96. The molecule has 0 aliphatic heterocycles. The first-order valence-electron chi connectivity index (χ1n) is 7.94. The van der Waals surface area contributed by atoms with Gasteiger partial charge in [0.2, 0.25) is 5.91 Å². The first kappa shape index (κ1) is 18.4. The van der Waals surface area contributed by atoms with E-state index in [0.29, 0.717) is 22.1 Å². The third-order valence-corrected chi connectivity index (χ3v) is 7.21. The van der Waals surface area contributed by atoms with Gasteiger partial charge in [-0.25, -0.2) is 9.97 Å². The van der Waals surface area contributed by atoms with E-state index in [0.717, 1.165) is 21.0 Å². The van der Waals surface area contributed by atoms with E-state index in [-0.39, 0.29) is 17.2 Å². The molecule has 0 saturated heterocycles. The van der Waals surface area contributed by atoms with Gasteiger partial charge in [-0.3, -0.25) is 9.59 Å². The van der Waals surface area contributed by atoms with Crippen LogP contribution in [-0.2, 0) is 10.5 Å². The van der Waals surface area contributed by atoms with Crippen LogP contribution in [0.1, 0.15) is 11.5 Å². The third kappa shape index (κ3) is 4.13. The first-order valence-corrected chi connectivity index (χ1v) is 11.7. The lowest BCUT2D eigenvalue weighted by molar-refractivity contribution is -0.113. The number of amides is 1. The Hall–Kier alpha value is -2.01. The molecule has 10 heteroatoms. The van der Waals surface area contributed by atoms with E-state index in [4.69, 9.17) is 0 Å². The highest BCUT2D eigenvalue weighted by Crippen LogP contribution is 2.33. The Morgan fingerprint density at radius 3 is 2.89 bits per heavy atom. The SMILES string of the molecule is Cc1csc(NC(=O)CSCc2nc3scc(-c4cccs4)c3c(=O)[nH]2)n1. The molecule has 4 rings (SSSR count). The van der Waals surface area contributed by atoms with Gasteiger partial charge in [0, 0.05) is 21.2 Å². The van der Waals surface area contributed by atoms with Gasteiger partial charge in [-0.1, -0.05) is 6.07 Å². The van der Waals surface area contributed by atoms with Crippen molar-refractivity contribution >= 4 is 67.0 Å². The van der Waals surface area contributed by atoms with Crippen LogP contribution in [-0.4, -0.2) is 26.6 Å². The van der Waals surface area contributed by atoms with Crippen LogP contribution in [0, 0.1) is 6.92 Å². The van der Waals surface area contributed by atoms with E-state index < -0.39 is 0 Å². The van der Waals surface area contributed by atoms with E-state index in [1.807, 2.05) is 35.2 Å². The molecule has 4 heterocycles. The Labute approximate surface area is 170 Å². The second kappa shape index (κ2) is 7.93. The summed E-state index contributed by atoms with van der Waals surface area (Å²) in [5.41, 5.74) is 1.68. The summed E-state index contributed by atoms with van der Waals surface area (Å²) in [7, 11) is 0. The number of rotatable bonds is 6. The van der Waals surface area contributed by atoms with Crippen LogP contribution in [0.15, 0.2) is 33.1 Å². The molecule has 0 bridgehead atoms. The van der Waals surface area contributed by atoms with Crippen molar-refractivity contribution in [1.82, 2.24) is 15.0 Å². The van der Waals surface area contributed by atoms with Gasteiger partial charge in [0.15, 0.2) is 5.13 Å². The molecule has 0 radical (unpaired) electrons. The zero-order chi connectivity index (χ0) is 18.8. The zero-order valence-electron chi connectivity index (χ0n) is 14.1. The number of aromatic amines is 1. The minimum atomic E-state index is -0.136. The van der Waals surface area contributed by atoms with Crippen molar-refractivity contribution < 1.29 is 4.79 Å². The van der Waals surface area contributed by atoms with E-state index >= 15 is 0 Å². The highest BCUT2D eigenvalue weighted by Gasteiger charge is 2.14. The molecule has 0 atom stereocenters. The number of hydrogen-bond acceptors (Lipinski definition) is 8. The lowest BCUT2D eigenvalue weighted by atomic mass is 10.2. The molecule has 2 N–H and O–H groups in total. The lowest BCUT2D eigenvalue weighted by Crippen LogP contribution is -2.15. The van der Waals surface area contributed by atoms with E-state index in [2.05, 4.69) is 20.3 Å². The van der Waals surface area contributed by atoms with Crippen molar-refractivity contribution in [2.75, 3.05) is 11.1 Å². The predicted molar refractivity (Wildman–Crippen MR) is 115 cm³/mol. The van der Waals surface area contributed by atoms with Crippen LogP contribution in [0.5, 0.6) is 0 Å². The molecule has 0 spiro atoms. The van der Waals surface area contributed by atoms with Crippen LogP contribution in [0.4, 0.5) is 5.13 Å². The number of carbonyl (C=O) groups is 1. The number of hydrogen-bond donors (Lipinski definition) is 2. The van der Waals surface area contributed by atoms with Gasteiger partial charge >= 0.3 is 0 Å². The highest BCUT2D eigenvalue weighted by molar-refractivity contribution is 7.99. The number of aromatic nitrogens is 3. The molecule has 27 heavy (non-hydrogen) atoms. The number of H-pyrrole nitrogens is 1. The summed E-state index contributed by atoms with van der Waals surface area (Å²) in [6.45, 7) is 1.88. The Morgan fingerprint density at radius 2 is 2.15 bits per heavy atom. The number of anilines is 1. The van der Waals surface area contributed by atoms with Gasteiger partial charge in [0.25, 0.3) is 5.56 Å². The molecule has 138 valence electrons. The summed E-state index contributed by atoms with van der Waals surface area (Å²) in [5, 5.41) is 9.85. The summed E-state index contributed by atoms with van der Waals surface area (Å²) in [4.78, 5) is 37.9. The molecule has 0 fully saturated rings. The Bertz CT molecular complexity index is 1140. The van der Waals surface area contributed by atoms with Gasteiger partial charge in [-0.2, -0.15) is 0 Å². The number of fused-ring (bicyclic) bond motifs is 1. The van der Waals surface area contributed by atoms with Crippen LogP contribution < -0.4 is 10.9 Å². The average Bonchev–Trinajstić information content (AvgIpc) is 3.35. The fourth-order valence-corrected chi connectivity index (χ4v) is 5.66. The summed E-state index contributed by atoms with van der Waals surface area (Å²) in [6.07, 6.45) is 0. The fraction of sp³-hybridized carbons (Fsp3) is 0.176. The molecule has 6 nitrogen and oxygen atoms in total. The first-order chi connectivity index (χ1) is 13.1. The molecule has 0 unspecified atom stereocenters. The maximum absolute atomic E-state index is 12.5. The molecule has 4 aromatic heterocycles. The van der Waals surface area contributed by atoms with Gasteiger partial charge in [0.05, 0.1) is 22.6 Å². The number of nitrogens with zero attached hydrogens (tertiary/aromatic N) is 2. The normalized spacial score (nSPS) is 11.1. The number of aryl methyl sites for hydroxylation is 1. The summed E-state index contributed by atoms with van der Waals surface area (Å²) in [5.74, 6) is 1.19. The van der Waals surface area contributed by atoms with Gasteiger partial charge in [0.1, 0.15) is 10.7 Å². The van der Waals surface area contributed by atoms with Gasteiger partial charge in [-0.05, 0) is 18.4 Å². The number of thiophene rings is 2. The van der Waals surface area contributed by atoms with Crippen LogP contribution in [0.25, 0.3) is 20.7 Å². The molecular weight excluding hydrogens is 420 g/mol. The van der Waals surface area contributed by atoms with Crippen molar-refractivity contribution in [3.63, 3.8) is 0 Å². The van der Waals surface area contributed by atoms with Crippen molar-refractivity contribution in [1.29, 1.82) is 0 Å². The zero-order valence-corrected chi connectivity index (χ0v) is 17.4.